The molecule has 1 aliphatic rings. The molecule has 19 heavy (non-hydrogen) atoms. The Labute approximate surface area is 123 Å². The maximum atomic E-state index is 13.6. The van der Waals surface area contributed by atoms with E-state index in [1.807, 2.05) is 12.1 Å². The summed E-state index contributed by atoms with van der Waals surface area (Å²) in [6, 6.07) is 5.23. The van der Waals surface area contributed by atoms with Crippen molar-refractivity contribution in [1.82, 2.24) is 10.2 Å². The van der Waals surface area contributed by atoms with Crippen molar-refractivity contribution < 1.29 is 4.39 Å². The number of rotatable bonds is 6. The van der Waals surface area contributed by atoms with Crippen LogP contribution in [-0.4, -0.2) is 31.1 Å². The van der Waals surface area contributed by atoms with Crippen LogP contribution in [0.25, 0.3) is 0 Å². The van der Waals surface area contributed by atoms with E-state index in [0.29, 0.717) is 12.5 Å². The van der Waals surface area contributed by atoms with E-state index in [-0.39, 0.29) is 5.82 Å². The van der Waals surface area contributed by atoms with Crippen molar-refractivity contribution in [3.8, 4) is 0 Å². The first-order valence-corrected chi connectivity index (χ1v) is 7.81. The minimum atomic E-state index is -0.144. The summed E-state index contributed by atoms with van der Waals surface area (Å²) in [4.78, 5) is 2.52. The molecule has 0 bridgehead atoms. The Morgan fingerprint density at radius 1 is 1.37 bits per heavy atom. The monoisotopic (exact) mass is 328 g/mol. The summed E-state index contributed by atoms with van der Waals surface area (Å²) < 4.78 is 14.4. The molecule has 1 N–H and O–H groups in total. The number of nitrogens with zero attached hydrogens (tertiary/aromatic N) is 1. The number of benzene rings is 1. The van der Waals surface area contributed by atoms with E-state index >= 15 is 0 Å². The van der Waals surface area contributed by atoms with Crippen molar-refractivity contribution in [2.24, 2.45) is 5.92 Å². The fourth-order valence-corrected chi connectivity index (χ4v) is 2.92. The van der Waals surface area contributed by atoms with Crippen LogP contribution in [0.15, 0.2) is 22.7 Å². The molecule has 0 spiro atoms. The summed E-state index contributed by atoms with van der Waals surface area (Å²) in [5.74, 6) is 0.464. The number of halogens is 2. The SMILES string of the molecule is CC(CNCc1ccc(Br)cc1F)CN1CCCC1. The molecule has 1 aliphatic heterocycles. The van der Waals surface area contributed by atoms with Crippen molar-refractivity contribution >= 4 is 15.9 Å². The highest BCUT2D eigenvalue weighted by atomic mass is 79.9. The minimum absolute atomic E-state index is 0.144. The van der Waals surface area contributed by atoms with E-state index in [2.05, 4.69) is 33.1 Å². The Balaban J connectivity index is 1.70. The zero-order valence-corrected chi connectivity index (χ0v) is 13.0. The number of nitrogens with one attached hydrogen (secondary N) is 1. The first kappa shape index (κ1) is 14.9. The molecule has 0 amide bonds. The lowest BCUT2D eigenvalue weighted by molar-refractivity contribution is 0.282. The molecule has 1 unspecified atom stereocenters. The van der Waals surface area contributed by atoms with Gasteiger partial charge in [-0.3, -0.25) is 0 Å². The van der Waals surface area contributed by atoms with Crippen LogP contribution in [0.1, 0.15) is 25.3 Å². The molecule has 1 fully saturated rings. The molecule has 106 valence electrons. The molecule has 1 atom stereocenters. The second kappa shape index (κ2) is 7.36. The number of hydrogen-bond acceptors (Lipinski definition) is 2. The first-order chi connectivity index (χ1) is 9.15. The third-order valence-electron chi connectivity index (χ3n) is 3.59. The van der Waals surface area contributed by atoms with Gasteiger partial charge < -0.3 is 10.2 Å². The molecule has 4 heteroatoms. The van der Waals surface area contributed by atoms with E-state index in [9.17, 15) is 4.39 Å². The first-order valence-electron chi connectivity index (χ1n) is 7.02. The van der Waals surface area contributed by atoms with Gasteiger partial charge in [-0.05, 0) is 50.5 Å². The quantitative estimate of drug-likeness (QED) is 0.860. The van der Waals surface area contributed by atoms with Crippen LogP contribution in [-0.2, 0) is 6.54 Å². The van der Waals surface area contributed by atoms with Gasteiger partial charge in [0.2, 0.25) is 0 Å². The smallest absolute Gasteiger partial charge is 0.128 e. The molecular weight excluding hydrogens is 307 g/mol. The molecule has 0 aliphatic carbocycles. The molecular formula is C15H22BrFN2. The average Bonchev–Trinajstić information content (AvgIpc) is 2.84. The molecule has 0 saturated carbocycles. The second-order valence-corrected chi connectivity index (χ2v) is 6.40. The summed E-state index contributed by atoms with van der Waals surface area (Å²) in [6.45, 7) is 7.42. The molecule has 2 rings (SSSR count). The fourth-order valence-electron chi connectivity index (χ4n) is 2.59. The van der Waals surface area contributed by atoms with Gasteiger partial charge in [0.1, 0.15) is 5.82 Å². The standard InChI is InChI=1S/C15H22BrFN2/c1-12(11-19-6-2-3-7-19)9-18-10-13-4-5-14(16)8-15(13)17/h4-5,8,12,18H,2-3,6-7,9-11H2,1H3. The van der Waals surface area contributed by atoms with E-state index in [1.54, 1.807) is 0 Å². The van der Waals surface area contributed by atoms with Gasteiger partial charge in [-0.25, -0.2) is 4.39 Å². The van der Waals surface area contributed by atoms with Gasteiger partial charge in [0.25, 0.3) is 0 Å². The van der Waals surface area contributed by atoms with Crippen LogP contribution in [0, 0.1) is 11.7 Å². The third-order valence-corrected chi connectivity index (χ3v) is 4.09. The third kappa shape index (κ3) is 4.86. The van der Waals surface area contributed by atoms with Crippen LogP contribution < -0.4 is 5.32 Å². The molecule has 0 radical (unpaired) electrons. The second-order valence-electron chi connectivity index (χ2n) is 5.48. The van der Waals surface area contributed by atoms with Crippen molar-refractivity contribution in [3.63, 3.8) is 0 Å². The van der Waals surface area contributed by atoms with Crippen molar-refractivity contribution in [1.29, 1.82) is 0 Å². The summed E-state index contributed by atoms with van der Waals surface area (Å²) in [7, 11) is 0. The van der Waals surface area contributed by atoms with Crippen molar-refractivity contribution in [2.75, 3.05) is 26.2 Å². The van der Waals surface area contributed by atoms with Crippen LogP contribution in [0.4, 0.5) is 4.39 Å². The lowest BCUT2D eigenvalue weighted by Crippen LogP contribution is -2.31. The van der Waals surface area contributed by atoms with E-state index < -0.39 is 0 Å². The van der Waals surface area contributed by atoms with Crippen LogP contribution in [0.5, 0.6) is 0 Å². The Morgan fingerprint density at radius 3 is 2.79 bits per heavy atom. The Bertz CT molecular complexity index is 405. The zero-order chi connectivity index (χ0) is 13.7. The zero-order valence-electron chi connectivity index (χ0n) is 11.5. The van der Waals surface area contributed by atoms with E-state index in [0.717, 1.165) is 23.1 Å². The van der Waals surface area contributed by atoms with Gasteiger partial charge in [0, 0.05) is 23.1 Å². The van der Waals surface area contributed by atoms with Gasteiger partial charge >= 0.3 is 0 Å². The Hall–Kier alpha value is -0.450. The highest BCUT2D eigenvalue weighted by molar-refractivity contribution is 9.10. The topological polar surface area (TPSA) is 15.3 Å². The molecule has 2 nitrogen and oxygen atoms in total. The maximum absolute atomic E-state index is 13.6. The molecule has 0 aromatic heterocycles. The lowest BCUT2D eigenvalue weighted by Gasteiger charge is -2.20. The van der Waals surface area contributed by atoms with Crippen LogP contribution in [0.2, 0.25) is 0 Å². The average molecular weight is 329 g/mol. The van der Waals surface area contributed by atoms with Crippen molar-refractivity contribution in [2.45, 2.75) is 26.3 Å². The van der Waals surface area contributed by atoms with Gasteiger partial charge in [-0.2, -0.15) is 0 Å². The highest BCUT2D eigenvalue weighted by Gasteiger charge is 2.14. The van der Waals surface area contributed by atoms with E-state index in [4.69, 9.17) is 0 Å². The normalized spacial score (nSPS) is 17.8. The maximum Gasteiger partial charge on any atom is 0.128 e. The largest absolute Gasteiger partial charge is 0.312 e. The predicted molar refractivity (Wildman–Crippen MR) is 80.6 cm³/mol. The minimum Gasteiger partial charge on any atom is -0.312 e. The van der Waals surface area contributed by atoms with Gasteiger partial charge in [-0.15, -0.1) is 0 Å². The van der Waals surface area contributed by atoms with Gasteiger partial charge in [-0.1, -0.05) is 28.9 Å². The van der Waals surface area contributed by atoms with E-state index in [1.165, 1.54) is 32.0 Å². The molecule has 1 heterocycles. The molecule has 1 aromatic rings. The van der Waals surface area contributed by atoms with Gasteiger partial charge in [0.05, 0.1) is 0 Å². The van der Waals surface area contributed by atoms with Gasteiger partial charge in [0.15, 0.2) is 0 Å². The van der Waals surface area contributed by atoms with Crippen LogP contribution in [0.3, 0.4) is 0 Å². The number of likely N-dealkylation sites (tertiary alicyclic amines) is 1. The Morgan fingerprint density at radius 2 is 2.11 bits per heavy atom. The summed E-state index contributed by atoms with van der Waals surface area (Å²) in [5, 5.41) is 3.35. The summed E-state index contributed by atoms with van der Waals surface area (Å²) in [6.07, 6.45) is 2.68. The lowest BCUT2D eigenvalue weighted by atomic mass is 10.1. The molecule has 1 aromatic carbocycles. The predicted octanol–water partition coefficient (Wildman–Crippen LogP) is 3.41. The van der Waals surface area contributed by atoms with Crippen molar-refractivity contribution in [3.05, 3.63) is 34.1 Å². The molecule has 1 saturated heterocycles. The summed E-state index contributed by atoms with van der Waals surface area (Å²) >= 11 is 3.27. The number of hydrogen-bond donors (Lipinski definition) is 1. The fraction of sp³-hybridized carbons (Fsp3) is 0.600. The highest BCUT2D eigenvalue weighted by Crippen LogP contribution is 2.15. The van der Waals surface area contributed by atoms with Crippen LogP contribution >= 0.6 is 15.9 Å². The Kier molecular flexibility index (Phi) is 5.79. The summed E-state index contributed by atoms with van der Waals surface area (Å²) in [5.41, 5.74) is 0.733.